The Morgan fingerprint density at radius 2 is 2.12 bits per heavy atom. The summed E-state index contributed by atoms with van der Waals surface area (Å²) >= 11 is 8.03. The van der Waals surface area contributed by atoms with Gasteiger partial charge in [0.1, 0.15) is 4.99 Å². The largest absolute Gasteiger partial charge is 0.389 e. The molecule has 16 heavy (non-hydrogen) atoms. The molecular weight excluding hydrogens is 314 g/mol. The fourth-order valence-electron chi connectivity index (χ4n) is 0.947. The van der Waals surface area contributed by atoms with Gasteiger partial charge in [-0.15, -0.1) is 0 Å². The van der Waals surface area contributed by atoms with Crippen molar-refractivity contribution in [1.29, 1.82) is 0 Å². The van der Waals surface area contributed by atoms with E-state index in [1.165, 1.54) is 7.05 Å². The number of rotatable bonds is 4. The van der Waals surface area contributed by atoms with Crippen molar-refractivity contribution < 1.29 is 8.42 Å². The quantitative estimate of drug-likeness (QED) is 0.720. The van der Waals surface area contributed by atoms with Gasteiger partial charge in [0, 0.05) is 17.1 Å². The van der Waals surface area contributed by atoms with Crippen LogP contribution < -0.4 is 15.2 Å². The normalized spacial score (nSPS) is 11.1. The van der Waals surface area contributed by atoms with Gasteiger partial charge in [-0.25, -0.2) is 4.72 Å². The summed E-state index contributed by atoms with van der Waals surface area (Å²) in [6, 6.07) is 4.86. The Morgan fingerprint density at radius 1 is 1.50 bits per heavy atom. The van der Waals surface area contributed by atoms with Gasteiger partial charge in [-0.3, -0.25) is 4.72 Å². The molecule has 0 heterocycles. The third-order valence-corrected chi connectivity index (χ3v) is 3.68. The molecule has 0 saturated heterocycles. The predicted octanol–water partition coefficient (Wildman–Crippen LogP) is 0.959. The summed E-state index contributed by atoms with van der Waals surface area (Å²) in [5.74, 6) is 0. The zero-order valence-corrected chi connectivity index (χ0v) is 11.5. The van der Waals surface area contributed by atoms with Crippen LogP contribution in [0.4, 0.5) is 5.69 Å². The highest BCUT2D eigenvalue weighted by Gasteiger charge is 2.09. The number of nitrogens with two attached hydrogens (primary N) is 1. The van der Waals surface area contributed by atoms with E-state index in [9.17, 15) is 8.42 Å². The molecule has 1 aromatic rings. The lowest BCUT2D eigenvalue weighted by molar-refractivity contribution is 0.593. The van der Waals surface area contributed by atoms with Crippen molar-refractivity contribution in [2.24, 2.45) is 5.73 Å². The Labute approximate surface area is 108 Å². The average Bonchev–Trinajstić information content (AvgIpc) is 2.20. The second kappa shape index (κ2) is 5.09. The fourth-order valence-corrected chi connectivity index (χ4v) is 2.25. The maximum atomic E-state index is 11.2. The number of halogens is 1. The van der Waals surface area contributed by atoms with E-state index in [4.69, 9.17) is 18.0 Å². The molecule has 1 rings (SSSR count). The molecule has 0 saturated carbocycles. The first-order valence-electron chi connectivity index (χ1n) is 4.16. The van der Waals surface area contributed by atoms with E-state index in [2.05, 4.69) is 25.4 Å². The van der Waals surface area contributed by atoms with Crippen molar-refractivity contribution in [3.8, 4) is 0 Å². The Bertz CT molecular complexity index is 516. The lowest BCUT2D eigenvalue weighted by atomic mass is 10.2. The summed E-state index contributed by atoms with van der Waals surface area (Å²) in [6.45, 7) is 0. The third-order valence-electron chi connectivity index (χ3n) is 1.77. The van der Waals surface area contributed by atoms with Crippen molar-refractivity contribution in [1.82, 2.24) is 4.72 Å². The molecule has 0 spiro atoms. The topological polar surface area (TPSA) is 84.2 Å². The maximum absolute atomic E-state index is 11.2. The number of benzene rings is 1. The number of hydrogen-bond donors (Lipinski definition) is 3. The lowest BCUT2D eigenvalue weighted by Gasteiger charge is -2.09. The molecular formula is C8H10BrN3O2S2. The van der Waals surface area contributed by atoms with Crippen LogP contribution in [0.15, 0.2) is 22.7 Å². The summed E-state index contributed by atoms with van der Waals surface area (Å²) in [7, 11) is -2.20. The van der Waals surface area contributed by atoms with E-state index in [1.54, 1.807) is 18.2 Å². The molecule has 0 aliphatic heterocycles. The average molecular weight is 324 g/mol. The second-order valence-electron chi connectivity index (χ2n) is 2.87. The fraction of sp³-hybridized carbons (Fsp3) is 0.125. The standard InChI is InChI=1S/C8H10BrN3O2S2/c1-11-16(13,14)12-7-3-2-5(8(10)15)4-6(7)9/h2-4,11-12H,1H3,(H2,10,15). The molecule has 0 radical (unpaired) electrons. The molecule has 0 aliphatic rings. The molecule has 5 nitrogen and oxygen atoms in total. The molecule has 88 valence electrons. The van der Waals surface area contributed by atoms with Crippen molar-refractivity contribution >= 4 is 49.0 Å². The Kier molecular flexibility index (Phi) is 4.25. The first-order valence-corrected chi connectivity index (χ1v) is 6.85. The van der Waals surface area contributed by atoms with Gasteiger partial charge in [-0.1, -0.05) is 12.2 Å². The Balaban J connectivity index is 3.05. The molecule has 0 unspecified atom stereocenters. The van der Waals surface area contributed by atoms with Gasteiger partial charge in [0.2, 0.25) is 0 Å². The van der Waals surface area contributed by atoms with Crippen LogP contribution in [-0.2, 0) is 10.2 Å². The SMILES string of the molecule is CNS(=O)(=O)Nc1ccc(C(N)=S)cc1Br. The number of hydrogen-bond acceptors (Lipinski definition) is 3. The number of thiocarbonyl (C=S) groups is 1. The van der Waals surface area contributed by atoms with Crippen LogP contribution >= 0.6 is 28.1 Å². The zero-order valence-electron chi connectivity index (χ0n) is 8.32. The van der Waals surface area contributed by atoms with Gasteiger partial charge in [-0.2, -0.15) is 8.42 Å². The van der Waals surface area contributed by atoms with Gasteiger partial charge in [-0.05, 0) is 34.1 Å². The second-order valence-corrected chi connectivity index (χ2v) is 5.78. The lowest BCUT2D eigenvalue weighted by Crippen LogP contribution is -2.26. The van der Waals surface area contributed by atoms with Crippen molar-refractivity contribution in [3.63, 3.8) is 0 Å². The van der Waals surface area contributed by atoms with Gasteiger partial charge in [0.25, 0.3) is 10.2 Å². The highest BCUT2D eigenvalue weighted by Crippen LogP contribution is 2.24. The first kappa shape index (κ1) is 13.4. The minimum Gasteiger partial charge on any atom is -0.389 e. The highest BCUT2D eigenvalue weighted by atomic mass is 79.9. The molecule has 0 atom stereocenters. The first-order chi connectivity index (χ1) is 7.35. The summed E-state index contributed by atoms with van der Waals surface area (Å²) in [6.07, 6.45) is 0. The van der Waals surface area contributed by atoms with Crippen LogP contribution in [0.3, 0.4) is 0 Å². The molecule has 1 aromatic carbocycles. The molecule has 0 aliphatic carbocycles. The van der Waals surface area contributed by atoms with Crippen LogP contribution in [0.5, 0.6) is 0 Å². The predicted molar refractivity (Wildman–Crippen MR) is 71.6 cm³/mol. The molecule has 4 N–H and O–H groups in total. The van der Waals surface area contributed by atoms with Gasteiger partial charge < -0.3 is 5.73 Å². The van der Waals surface area contributed by atoms with Gasteiger partial charge in [0.15, 0.2) is 0 Å². The van der Waals surface area contributed by atoms with Gasteiger partial charge >= 0.3 is 0 Å². The molecule has 8 heteroatoms. The maximum Gasteiger partial charge on any atom is 0.298 e. The summed E-state index contributed by atoms with van der Waals surface area (Å²) in [4.78, 5) is 0.253. The molecule has 0 bridgehead atoms. The molecule has 0 amide bonds. The third kappa shape index (κ3) is 3.41. The van der Waals surface area contributed by atoms with E-state index in [1.807, 2.05) is 0 Å². The Hall–Kier alpha value is -0.700. The molecule has 0 aromatic heterocycles. The van der Waals surface area contributed by atoms with E-state index < -0.39 is 10.2 Å². The van der Waals surface area contributed by atoms with E-state index in [0.717, 1.165) is 0 Å². The van der Waals surface area contributed by atoms with Crippen LogP contribution in [-0.4, -0.2) is 20.5 Å². The number of nitrogens with one attached hydrogen (secondary N) is 2. The van der Waals surface area contributed by atoms with E-state index in [0.29, 0.717) is 15.7 Å². The monoisotopic (exact) mass is 323 g/mol. The highest BCUT2D eigenvalue weighted by molar-refractivity contribution is 9.10. The van der Waals surface area contributed by atoms with Gasteiger partial charge in [0.05, 0.1) is 5.69 Å². The minimum absolute atomic E-state index is 0.253. The summed E-state index contributed by atoms with van der Waals surface area (Å²) < 4.78 is 27.5. The van der Waals surface area contributed by atoms with Crippen LogP contribution in [0.1, 0.15) is 5.56 Å². The molecule has 0 fully saturated rings. The van der Waals surface area contributed by atoms with E-state index in [-0.39, 0.29) is 4.99 Å². The summed E-state index contributed by atoms with van der Waals surface area (Å²) in [5, 5.41) is 0. The summed E-state index contributed by atoms with van der Waals surface area (Å²) in [5.41, 5.74) is 6.52. The van der Waals surface area contributed by atoms with Crippen molar-refractivity contribution in [2.45, 2.75) is 0 Å². The van der Waals surface area contributed by atoms with Crippen LogP contribution in [0.25, 0.3) is 0 Å². The van der Waals surface area contributed by atoms with Crippen molar-refractivity contribution in [2.75, 3.05) is 11.8 Å². The Morgan fingerprint density at radius 3 is 2.56 bits per heavy atom. The number of anilines is 1. The van der Waals surface area contributed by atoms with Crippen LogP contribution in [0.2, 0.25) is 0 Å². The van der Waals surface area contributed by atoms with E-state index >= 15 is 0 Å². The van der Waals surface area contributed by atoms with Crippen molar-refractivity contribution in [3.05, 3.63) is 28.2 Å². The van der Waals surface area contributed by atoms with Crippen LogP contribution in [0, 0.1) is 0 Å². The smallest absolute Gasteiger partial charge is 0.298 e. The minimum atomic E-state index is -3.52. The zero-order chi connectivity index (χ0) is 12.3.